The second-order valence-electron chi connectivity index (χ2n) is 4.10. The molecule has 2 rings (SSSR count). The van der Waals surface area contributed by atoms with Gasteiger partial charge in [0.25, 0.3) is 0 Å². The van der Waals surface area contributed by atoms with E-state index in [1.165, 1.54) is 6.42 Å². The Morgan fingerprint density at radius 3 is 3.14 bits per heavy atom. The number of fused-ring (bicyclic) bond motifs is 1. The second-order valence-corrected chi connectivity index (χ2v) is 4.10. The van der Waals surface area contributed by atoms with E-state index in [4.69, 9.17) is 10.3 Å². The van der Waals surface area contributed by atoms with Gasteiger partial charge in [0, 0.05) is 37.1 Å². The summed E-state index contributed by atoms with van der Waals surface area (Å²) >= 11 is 0. The van der Waals surface area contributed by atoms with Gasteiger partial charge in [0.15, 0.2) is 0 Å². The van der Waals surface area contributed by atoms with Gasteiger partial charge in [0.05, 0.1) is 6.61 Å². The predicted molar refractivity (Wildman–Crippen MR) is 52.9 cm³/mol. The number of hydrogen-bond acceptors (Lipinski definition) is 3. The minimum absolute atomic E-state index is 0.592. The Balaban J connectivity index is 1.76. The van der Waals surface area contributed by atoms with Crippen LogP contribution in [-0.4, -0.2) is 44.3 Å². The highest BCUT2D eigenvalue weighted by atomic mass is 16.5. The summed E-state index contributed by atoms with van der Waals surface area (Å²) in [6, 6.07) is 0. The van der Waals surface area contributed by atoms with E-state index in [1.807, 2.05) is 0 Å². The molecule has 0 aromatic carbocycles. The molecule has 2 unspecified atom stereocenters. The molecule has 2 aliphatic heterocycles. The summed E-state index contributed by atoms with van der Waals surface area (Å²) in [6.07, 6.45) is 1.24. The van der Waals surface area contributed by atoms with E-state index in [0.717, 1.165) is 44.7 Å². The maximum absolute atomic E-state index is 8.17. The fourth-order valence-corrected chi connectivity index (χ4v) is 2.37. The first kappa shape index (κ1) is 9.77. The van der Waals surface area contributed by atoms with E-state index in [2.05, 4.69) is 14.9 Å². The van der Waals surface area contributed by atoms with Crippen LogP contribution in [0.3, 0.4) is 0 Å². The lowest BCUT2D eigenvalue weighted by Crippen LogP contribution is -2.41. The van der Waals surface area contributed by atoms with Crippen LogP contribution >= 0.6 is 0 Å². The van der Waals surface area contributed by atoms with Crippen molar-refractivity contribution in [1.82, 2.24) is 4.90 Å². The lowest BCUT2D eigenvalue weighted by Gasteiger charge is -2.33. The molecule has 0 aliphatic carbocycles. The van der Waals surface area contributed by atoms with Crippen molar-refractivity contribution < 1.29 is 4.74 Å². The molecule has 2 heterocycles. The standard InChI is InChI=1S/C9H16N4O/c10-12-11-2-4-13-3-1-8-6-14-7-9(8)5-13/h8-9H,1-7H2. The first-order valence-corrected chi connectivity index (χ1v) is 5.21. The van der Waals surface area contributed by atoms with E-state index >= 15 is 0 Å². The van der Waals surface area contributed by atoms with Crippen LogP contribution in [0.25, 0.3) is 10.4 Å². The molecule has 2 aliphatic rings. The highest BCUT2D eigenvalue weighted by Crippen LogP contribution is 2.28. The zero-order valence-corrected chi connectivity index (χ0v) is 8.30. The number of rotatable bonds is 3. The Kier molecular flexibility index (Phi) is 3.24. The molecule has 0 N–H and O–H groups in total. The molecule has 0 radical (unpaired) electrons. The van der Waals surface area contributed by atoms with Crippen molar-refractivity contribution in [2.24, 2.45) is 17.0 Å². The maximum atomic E-state index is 8.17. The Morgan fingerprint density at radius 2 is 2.29 bits per heavy atom. The van der Waals surface area contributed by atoms with Gasteiger partial charge in [-0.15, -0.1) is 0 Å². The van der Waals surface area contributed by atoms with E-state index in [1.54, 1.807) is 0 Å². The maximum Gasteiger partial charge on any atom is 0.0510 e. The van der Waals surface area contributed by atoms with Crippen molar-refractivity contribution in [3.63, 3.8) is 0 Å². The van der Waals surface area contributed by atoms with Crippen molar-refractivity contribution in [3.8, 4) is 0 Å². The van der Waals surface area contributed by atoms with E-state index in [0.29, 0.717) is 6.54 Å². The summed E-state index contributed by atoms with van der Waals surface area (Å²) < 4.78 is 5.46. The van der Waals surface area contributed by atoms with Gasteiger partial charge >= 0.3 is 0 Å². The lowest BCUT2D eigenvalue weighted by atomic mass is 9.89. The number of nitrogens with zero attached hydrogens (tertiary/aromatic N) is 4. The van der Waals surface area contributed by atoms with E-state index in [-0.39, 0.29) is 0 Å². The zero-order valence-electron chi connectivity index (χ0n) is 8.30. The van der Waals surface area contributed by atoms with Crippen molar-refractivity contribution in [2.75, 3.05) is 39.4 Å². The quantitative estimate of drug-likeness (QED) is 0.387. The monoisotopic (exact) mass is 196 g/mol. The lowest BCUT2D eigenvalue weighted by molar-refractivity contribution is 0.150. The third kappa shape index (κ3) is 2.18. The van der Waals surface area contributed by atoms with Crippen LogP contribution in [0.5, 0.6) is 0 Å². The van der Waals surface area contributed by atoms with Crippen LogP contribution < -0.4 is 0 Å². The Labute approximate surface area is 83.7 Å². The highest BCUT2D eigenvalue weighted by molar-refractivity contribution is 4.83. The topological polar surface area (TPSA) is 61.2 Å². The molecule has 5 heteroatoms. The Bertz CT molecular complexity index is 239. The highest BCUT2D eigenvalue weighted by Gasteiger charge is 2.33. The normalized spacial score (nSPS) is 32.3. The number of hydrogen-bond donors (Lipinski definition) is 0. The summed E-state index contributed by atoms with van der Waals surface area (Å²) in [5, 5.41) is 3.56. The van der Waals surface area contributed by atoms with Crippen LogP contribution in [-0.2, 0) is 4.74 Å². The molecule has 0 bridgehead atoms. The van der Waals surface area contributed by atoms with Gasteiger partial charge in [0.2, 0.25) is 0 Å². The molecular formula is C9H16N4O. The van der Waals surface area contributed by atoms with Crippen molar-refractivity contribution in [3.05, 3.63) is 10.4 Å². The largest absolute Gasteiger partial charge is 0.381 e. The Hall–Kier alpha value is -0.770. The van der Waals surface area contributed by atoms with Gasteiger partial charge in [-0.05, 0) is 24.4 Å². The molecule has 78 valence electrons. The molecule has 0 amide bonds. The number of likely N-dealkylation sites (tertiary alicyclic amines) is 1. The Morgan fingerprint density at radius 1 is 1.43 bits per heavy atom. The predicted octanol–water partition coefficient (Wildman–Crippen LogP) is 1.27. The van der Waals surface area contributed by atoms with Gasteiger partial charge in [-0.1, -0.05) is 5.11 Å². The molecule has 2 atom stereocenters. The average Bonchev–Trinajstić information content (AvgIpc) is 2.65. The summed E-state index contributed by atoms with van der Waals surface area (Å²) in [6.45, 7) is 5.61. The van der Waals surface area contributed by atoms with Gasteiger partial charge in [-0.3, -0.25) is 0 Å². The smallest absolute Gasteiger partial charge is 0.0510 e. The molecular weight excluding hydrogens is 180 g/mol. The van der Waals surface area contributed by atoms with Gasteiger partial charge in [-0.25, -0.2) is 0 Å². The summed E-state index contributed by atoms with van der Waals surface area (Å²) in [7, 11) is 0. The number of ether oxygens (including phenoxy) is 1. The van der Waals surface area contributed by atoms with Crippen molar-refractivity contribution in [2.45, 2.75) is 6.42 Å². The first-order chi connectivity index (χ1) is 6.90. The van der Waals surface area contributed by atoms with E-state index < -0.39 is 0 Å². The third-order valence-corrected chi connectivity index (χ3v) is 3.22. The molecule has 2 fully saturated rings. The van der Waals surface area contributed by atoms with Crippen molar-refractivity contribution >= 4 is 0 Å². The van der Waals surface area contributed by atoms with Gasteiger partial charge < -0.3 is 9.64 Å². The summed E-state index contributed by atoms with van der Waals surface area (Å²) in [5.74, 6) is 1.50. The summed E-state index contributed by atoms with van der Waals surface area (Å²) in [4.78, 5) is 5.14. The number of piperidine rings is 1. The van der Waals surface area contributed by atoms with E-state index in [9.17, 15) is 0 Å². The van der Waals surface area contributed by atoms with Crippen molar-refractivity contribution in [1.29, 1.82) is 0 Å². The van der Waals surface area contributed by atoms with Crippen LogP contribution in [0, 0.1) is 11.8 Å². The molecule has 14 heavy (non-hydrogen) atoms. The first-order valence-electron chi connectivity index (χ1n) is 5.21. The molecule has 0 saturated carbocycles. The SMILES string of the molecule is [N-]=[N+]=NCCN1CCC2COCC2C1. The van der Waals surface area contributed by atoms with Gasteiger partial charge in [-0.2, -0.15) is 0 Å². The third-order valence-electron chi connectivity index (χ3n) is 3.22. The van der Waals surface area contributed by atoms with Crippen LogP contribution in [0.1, 0.15) is 6.42 Å². The van der Waals surface area contributed by atoms with Crippen LogP contribution in [0.15, 0.2) is 5.11 Å². The minimum Gasteiger partial charge on any atom is -0.381 e. The molecule has 2 saturated heterocycles. The molecule has 5 nitrogen and oxygen atoms in total. The number of azide groups is 1. The fraction of sp³-hybridized carbons (Fsp3) is 1.00. The van der Waals surface area contributed by atoms with Crippen LogP contribution in [0.2, 0.25) is 0 Å². The zero-order chi connectivity index (χ0) is 9.80. The minimum atomic E-state index is 0.592. The van der Waals surface area contributed by atoms with Gasteiger partial charge in [0.1, 0.15) is 0 Å². The molecule has 0 aromatic heterocycles. The summed E-state index contributed by atoms with van der Waals surface area (Å²) in [5.41, 5.74) is 8.17. The molecule has 0 aromatic rings. The fourth-order valence-electron chi connectivity index (χ4n) is 2.37. The van der Waals surface area contributed by atoms with Crippen LogP contribution in [0.4, 0.5) is 0 Å². The molecule has 0 spiro atoms. The average molecular weight is 196 g/mol. The second kappa shape index (κ2) is 4.64.